The fraction of sp³-hybridized carbons (Fsp3) is 0.960. The maximum Gasteiger partial charge on any atom is 0.361 e. The molecule has 0 aliphatic rings. The van der Waals surface area contributed by atoms with Gasteiger partial charge in [0.2, 0.25) is 0 Å². The quantitative estimate of drug-likeness (QED) is 0.0278. The van der Waals surface area contributed by atoms with Gasteiger partial charge in [-0.15, -0.1) is 0 Å². The van der Waals surface area contributed by atoms with Crippen molar-refractivity contribution in [1.29, 1.82) is 0 Å². The van der Waals surface area contributed by atoms with Gasteiger partial charge < -0.3 is 28.5 Å². The molecule has 0 saturated carbocycles. The van der Waals surface area contributed by atoms with Gasteiger partial charge in [0.1, 0.15) is 13.2 Å². The summed E-state index contributed by atoms with van der Waals surface area (Å²) in [6, 6.07) is 0. The van der Waals surface area contributed by atoms with Gasteiger partial charge in [-0.25, -0.2) is 4.79 Å². The number of unbranched alkanes of at least 4 members (excludes halogenated alkanes) is 57. The minimum absolute atomic E-state index is 0.172. The number of rotatable bonds is 72. The number of quaternary nitrogens is 1. The Kier molecular flexibility index (Phi) is 65.9. The summed E-state index contributed by atoms with van der Waals surface area (Å²) < 4.78 is 23.0. The first kappa shape index (κ1) is 82.3. The van der Waals surface area contributed by atoms with Crippen LogP contribution in [0.25, 0.3) is 0 Å². The highest BCUT2D eigenvalue weighted by Gasteiger charge is 2.25. The zero-order valence-electron chi connectivity index (χ0n) is 57.4. The lowest BCUT2D eigenvalue weighted by atomic mass is 10.0. The van der Waals surface area contributed by atoms with E-state index in [1.807, 2.05) is 21.1 Å². The number of carboxylic acids is 1. The summed E-state index contributed by atoms with van der Waals surface area (Å²) in [5.41, 5.74) is 0. The molecule has 0 aliphatic carbocycles. The molecular formula is C75H148NO8+. The molecular weight excluding hydrogens is 1040 g/mol. The SMILES string of the molecule is CCCCCCCCCCCCCCCCCCCCCCCCCCCCCCCCCCCCCCCCCCC(=O)OC(COC(=O)CCCCCCCCCCCCCCCCCCCCC)COC(OCC[N+](C)(C)C)C(=O)O. The number of hydrogen-bond acceptors (Lipinski definition) is 7. The van der Waals surface area contributed by atoms with Crippen LogP contribution >= 0.6 is 0 Å². The number of carboxylic acid groups (broad SMARTS) is 1. The number of nitrogens with zero attached hydrogens (tertiary/aromatic N) is 1. The molecule has 500 valence electrons. The zero-order chi connectivity index (χ0) is 61.2. The molecule has 0 rings (SSSR count). The summed E-state index contributed by atoms with van der Waals surface area (Å²) in [5.74, 6) is -1.97. The van der Waals surface area contributed by atoms with E-state index in [1.165, 1.54) is 340 Å². The van der Waals surface area contributed by atoms with Gasteiger partial charge in [-0.3, -0.25) is 9.59 Å². The summed E-state index contributed by atoms with van der Waals surface area (Å²) in [7, 11) is 6.00. The van der Waals surface area contributed by atoms with E-state index >= 15 is 0 Å². The van der Waals surface area contributed by atoms with E-state index in [-0.39, 0.29) is 38.2 Å². The standard InChI is InChI=1S/C75H147NO8/c1-6-8-10-12-14-16-18-20-22-24-26-27-28-29-30-31-32-33-34-35-36-37-38-39-40-41-42-43-44-45-46-48-50-52-54-56-58-60-62-64-66-73(78)84-71(70-83-75(74(79)80)81-68-67-76(3,4)5)69-82-72(77)65-63-61-59-57-55-53-51-49-47-25-23-21-19-17-15-13-11-9-7-2/h71,75H,6-70H2,1-5H3/p+1. The van der Waals surface area contributed by atoms with Crippen molar-refractivity contribution in [3.8, 4) is 0 Å². The molecule has 0 spiro atoms. The molecule has 0 fully saturated rings. The molecule has 84 heavy (non-hydrogen) atoms. The Balaban J connectivity index is 3.89. The molecule has 9 nitrogen and oxygen atoms in total. The van der Waals surface area contributed by atoms with Crippen molar-refractivity contribution >= 4 is 17.9 Å². The third-order valence-electron chi connectivity index (χ3n) is 17.6. The van der Waals surface area contributed by atoms with Gasteiger partial charge in [0.05, 0.1) is 34.4 Å². The maximum atomic E-state index is 12.9. The second-order valence-electron chi connectivity index (χ2n) is 27.3. The number of hydrogen-bond donors (Lipinski definition) is 1. The number of carbonyl (C=O) groups excluding carboxylic acids is 2. The van der Waals surface area contributed by atoms with Gasteiger partial charge >= 0.3 is 17.9 Å². The van der Waals surface area contributed by atoms with Crippen molar-refractivity contribution in [2.75, 3.05) is 47.5 Å². The highest BCUT2D eigenvalue weighted by molar-refractivity contribution is 5.71. The highest BCUT2D eigenvalue weighted by Crippen LogP contribution is 2.20. The lowest BCUT2D eigenvalue weighted by molar-refractivity contribution is -0.870. The second kappa shape index (κ2) is 67.2. The van der Waals surface area contributed by atoms with Gasteiger partial charge in [-0.05, 0) is 12.8 Å². The van der Waals surface area contributed by atoms with Crippen LogP contribution in [0, 0.1) is 0 Å². The van der Waals surface area contributed by atoms with E-state index < -0.39 is 18.4 Å². The molecule has 0 aromatic rings. The molecule has 0 aromatic heterocycles. The minimum atomic E-state index is -1.50. The lowest BCUT2D eigenvalue weighted by Crippen LogP contribution is -2.40. The van der Waals surface area contributed by atoms with Crippen LogP contribution in [0.2, 0.25) is 0 Å². The van der Waals surface area contributed by atoms with Gasteiger partial charge in [-0.2, -0.15) is 0 Å². The Morgan fingerprint density at radius 2 is 0.536 bits per heavy atom. The Morgan fingerprint density at radius 1 is 0.310 bits per heavy atom. The third kappa shape index (κ3) is 67.8. The van der Waals surface area contributed by atoms with Crippen LogP contribution in [0.1, 0.15) is 406 Å². The van der Waals surface area contributed by atoms with Crippen molar-refractivity contribution in [3.05, 3.63) is 0 Å². The molecule has 0 heterocycles. The Bertz CT molecular complexity index is 1340. The summed E-state index contributed by atoms with van der Waals surface area (Å²) in [5, 5.41) is 9.74. The van der Waals surface area contributed by atoms with Crippen LogP contribution in [0.5, 0.6) is 0 Å². The fourth-order valence-corrected chi connectivity index (χ4v) is 11.8. The Labute approximate surface area is 523 Å². The van der Waals surface area contributed by atoms with Crippen LogP contribution in [0.4, 0.5) is 0 Å². The average molecular weight is 1190 g/mol. The van der Waals surface area contributed by atoms with E-state index in [2.05, 4.69) is 13.8 Å². The number of carbonyl (C=O) groups is 3. The lowest BCUT2D eigenvalue weighted by Gasteiger charge is -2.25. The predicted octanol–water partition coefficient (Wildman–Crippen LogP) is 23.4. The fourth-order valence-electron chi connectivity index (χ4n) is 11.8. The molecule has 0 aliphatic heterocycles. The summed E-state index contributed by atoms with van der Waals surface area (Å²) >= 11 is 0. The second-order valence-corrected chi connectivity index (χ2v) is 27.3. The van der Waals surface area contributed by atoms with E-state index in [4.69, 9.17) is 18.9 Å². The van der Waals surface area contributed by atoms with Gasteiger partial charge in [0.15, 0.2) is 6.10 Å². The molecule has 2 atom stereocenters. The molecule has 2 unspecified atom stereocenters. The maximum absolute atomic E-state index is 12.9. The zero-order valence-corrected chi connectivity index (χ0v) is 57.4. The van der Waals surface area contributed by atoms with Crippen LogP contribution in [-0.4, -0.2) is 87.4 Å². The summed E-state index contributed by atoms with van der Waals surface area (Å²) in [6.07, 6.45) is 78.3. The number of esters is 2. The van der Waals surface area contributed by atoms with Gasteiger partial charge in [0, 0.05) is 12.8 Å². The van der Waals surface area contributed by atoms with Crippen molar-refractivity contribution < 1.29 is 42.9 Å². The molecule has 0 radical (unpaired) electrons. The monoisotopic (exact) mass is 1190 g/mol. The van der Waals surface area contributed by atoms with Crippen LogP contribution < -0.4 is 0 Å². The first-order valence-electron chi connectivity index (χ1n) is 37.7. The van der Waals surface area contributed by atoms with Gasteiger partial charge in [0.25, 0.3) is 6.29 Å². The van der Waals surface area contributed by atoms with E-state index in [0.29, 0.717) is 17.4 Å². The summed E-state index contributed by atoms with van der Waals surface area (Å²) in [6.45, 7) is 4.97. The van der Waals surface area contributed by atoms with E-state index in [1.54, 1.807) is 0 Å². The molecule has 1 N–H and O–H groups in total. The first-order chi connectivity index (χ1) is 41.1. The van der Waals surface area contributed by atoms with E-state index in [0.717, 1.165) is 38.5 Å². The first-order valence-corrected chi connectivity index (χ1v) is 37.7. The van der Waals surface area contributed by atoms with Crippen LogP contribution in [0.15, 0.2) is 0 Å². The molecule has 9 heteroatoms. The molecule has 0 saturated heterocycles. The Hall–Kier alpha value is -1.71. The molecule has 0 amide bonds. The van der Waals surface area contributed by atoms with Crippen molar-refractivity contribution in [3.63, 3.8) is 0 Å². The smallest absolute Gasteiger partial charge is 0.361 e. The van der Waals surface area contributed by atoms with Crippen LogP contribution in [0.3, 0.4) is 0 Å². The normalized spacial score (nSPS) is 12.5. The largest absolute Gasteiger partial charge is 0.477 e. The van der Waals surface area contributed by atoms with Crippen molar-refractivity contribution in [2.24, 2.45) is 0 Å². The molecule has 0 bridgehead atoms. The molecule has 0 aromatic carbocycles. The van der Waals surface area contributed by atoms with Crippen LogP contribution in [-0.2, 0) is 33.3 Å². The van der Waals surface area contributed by atoms with Crippen molar-refractivity contribution in [1.82, 2.24) is 0 Å². The average Bonchev–Trinajstić information content (AvgIpc) is 3.56. The number of likely N-dealkylation sites (N-methyl/N-ethyl adjacent to an activating group) is 1. The topological polar surface area (TPSA) is 108 Å². The van der Waals surface area contributed by atoms with Crippen molar-refractivity contribution in [2.45, 2.75) is 418 Å². The predicted molar refractivity (Wildman–Crippen MR) is 360 cm³/mol. The van der Waals surface area contributed by atoms with E-state index in [9.17, 15) is 19.5 Å². The third-order valence-corrected chi connectivity index (χ3v) is 17.6. The highest BCUT2D eigenvalue weighted by atomic mass is 16.7. The minimum Gasteiger partial charge on any atom is -0.477 e. The number of aliphatic carboxylic acids is 1. The summed E-state index contributed by atoms with van der Waals surface area (Å²) in [4.78, 5) is 37.6. The Morgan fingerprint density at radius 3 is 0.762 bits per heavy atom. The van der Waals surface area contributed by atoms with Gasteiger partial charge in [-0.1, -0.05) is 380 Å². The number of ether oxygens (including phenoxy) is 4.